The van der Waals surface area contributed by atoms with Crippen LogP contribution in [0.3, 0.4) is 0 Å². The highest BCUT2D eigenvalue weighted by molar-refractivity contribution is 6.35. The lowest BCUT2D eigenvalue weighted by Gasteiger charge is -2.07. The van der Waals surface area contributed by atoms with Crippen LogP contribution in [0.2, 0.25) is 12.1 Å². The summed E-state index contributed by atoms with van der Waals surface area (Å²) in [4.78, 5) is 11.0. The number of ether oxygens (including phenoxy) is 1. The summed E-state index contributed by atoms with van der Waals surface area (Å²) in [6.45, 7) is 8.75. The third kappa shape index (κ3) is 8.03. The Morgan fingerprint density at radius 3 is 2.38 bits per heavy atom. The molecule has 0 atom stereocenters. The molecule has 13 heavy (non-hydrogen) atoms. The largest absolute Gasteiger partial charge is 0.466 e. The number of rotatable bonds is 6. The number of carbonyl (C=O) groups is 1. The van der Waals surface area contributed by atoms with E-state index in [9.17, 15) is 4.79 Å². The predicted molar refractivity (Wildman–Crippen MR) is 56.0 cm³/mol. The first-order chi connectivity index (χ1) is 6.04. The van der Waals surface area contributed by atoms with Crippen molar-refractivity contribution in [3.63, 3.8) is 0 Å². The van der Waals surface area contributed by atoms with Crippen molar-refractivity contribution in [1.29, 1.82) is 0 Å². The van der Waals surface area contributed by atoms with E-state index in [1.54, 1.807) is 0 Å². The van der Waals surface area contributed by atoms with Crippen molar-refractivity contribution < 1.29 is 9.53 Å². The fraction of sp³-hybridized carbons (Fsp3) is 0.900. The number of hydrogen-bond acceptors (Lipinski definition) is 2. The molecule has 0 saturated carbocycles. The SMILES string of the molecule is CC(C)C[Si]CCOC(=O)C(C)C. The van der Waals surface area contributed by atoms with Gasteiger partial charge in [-0.25, -0.2) is 0 Å². The van der Waals surface area contributed by atoms with E-state index in [1.165, 1.54) is 6.04 Å². The van der Waals surface area contributed by atoms with Crippen LogP contribution in [0.4, 0.5) is 0 Å². The first-order valence-corrected chi connectivity index (χ1v) is 6.32. The Bertz CT molecular complexity index is 144. The summed E-state index contributed by atoms with van der Waals surface area (Å²) in [6, 6.07) is 2.27. The summed E-state index contributed by atoms with van der Waals surface area (Å²) < 4.78 is 5.05. The Morgan fingerprint density at radius 1 is 1.31 bits per heavy atom. The van der Waals surface area contributed by atoms with E-state index >= 15 is 0 Å². The van der Waals surface area contributed by atoms with Crippen molar-refractivity contribution in [2.45, 2.75) is 39.8 Å². The van der Waals surface area contributed by atoms with E-state index in [0.717, 1.165) is 21.5 Å². The second kappa shape index (κ2) is 7.13. The quantitative estimate of drug-likeness (QED) is 0.374. The molecule has 2 radical (unpaired) electrons. The minimum absolute atomic E-state index is 0.00781. The van der Waals surface area contributed by atoms with Crippen molar-refractivity contribution in [2.75, 3.05) is 6.61 Å². The van der Waals surface area contributed by atoms with Crippen LogP contribution in [0.5, 0.6) is 0 Å². The van der Waals surface area contributed by atoms with Gasteiger partial charge in [-0.15, -0.1) is 0 Å². The second-order valence-electron chi connectivity index (χ2n) is 3.92. The molecule has 76 valence electrons. The topological polar surface area (TPSA) is 26.3 Å². The molecule has 0 fully saturated rings. The number of esters is 1. The molecular weight excluding hydrogens is 180 g/mol. The molecule has 0 amide bonds. The summed E-state index contributed by atoms with van der Waals surface area (Å²) >= 11 is 0. The van der Waals surface area contributed by atoms with Crippen molar-refractivity contribution in [3.8, 4) is 0 Å². The summed E-state index contributed by atoms with van der Waals surface area (Å²) in [5.41, 5.74) is 0. The van der Waals surface area contributed by atoms with Gasteiger partial charge in [0, 0.05) is 9.52 Å². The zero-order valence-corrected chi connectivity index (χ0v) is 10.1. The molecular formula is C10H20O2Si. The molecule has 3 heteroatoms. The van der Waals surface area contributed by atoms with Crippen molar-refractivity contribution in [2.24, 2.45) is 11.8 Å². The minimum Gasteiger partial charge on any atom is -0.466 e. The molecule has 0 aromatic rings. The lowest BCUT2D eigenvalue weighted by atomic mass is 10.2. The number of carbonyl (C=O) groups excluding carboxylic acids is 1. The van der Waals surface area contributed by atoms with Gasteiger partial charge in [-0.1, -0.05) is 33.7 Å². The zero-order chi connectivity index (χ0) is 10.3. The van der Waals surface area contributed by atoms with Gasteiger partial charge in [0.25, 0.3) is 0 Å². The minimum atomic E-state index is -0.0747. The van der Waals surface area contributed by atoms with E-state index in [2.05, 4.69) is 13.8 Å². The Kier molecular flexibility index (Phi) is 6.95. The van der Waals surface area contributed by atoms with Gasteiger partial charge in [0.2, 0.25) is 0 Å². The van der Waals surface area contributed by atoms with E-state index in [1.807, 2.05) is 13.8 Å². The van der Waals surface area contributed by atoms with Gasteiger partial charge >= 0.3 is 5.97 Å². The summed E-state index contributed by atoms with van der Waals surface area (Å²) in [5, 5.41) is 0. The van der Waals surface area contributed by atoms with Crippen LogP contribution in [0.1, 0.15) is 27.7 Å². The van der Waals surface area contributed by atoms with Gasteiger partial charge in [0.05, 0.1) is 12.5 Å². The number of hydrogen-bond donors (Lipinski definition) is 0. The van der Waals surface area contributed by atoms with E-state index in [0.29, 0.717) is 6.61 Å². The van der Waals surface area contributed by atoms with E-state index in [4.69, 9.17) is 4.74 Å². The van der Waals surface area contributed by atoms with Crippen LogP contribution in [0.25, 0.3) is 0 Å². The molecule has 0 saturated heterocycles. The highest BCUT2D eigenvalue weighted by Gasteiger charge is 2.07. The van der Waals surface area contributed by atoms with Gasteiger partial charge in [0.15, 0.2) is 0 Å². The second-order valence-corrected chi connectivity index (χ2v) is 5.33. The van der Waals surface area contributed by atoms with Gasteiger partial charge in [-0.2, -0.15) is 0 Å². The summed E-state index contributed by atoms with van der Waals surface area (Å²) in [6.07, 6.45) is 0. The molecule has 0 spiro atoms. The van der Waals surface area contributed by atoms with Crippen molar-refractivity contribution >= 4 is 15.5 Å². The van der Waals surface area contributed by atoms with Gasteiger partial charge in [0.1, 0.15) is 0 Å². The van der Waals surface area contributed by atoms with Crippen LogP contribution in [-0.2, 0) is 9.53 Å². The van der Waals surface area contributed by atoms with Crippen LogP contribution in [0.15, 0.2) is 0 Å². The highest BCUT2D eigenvalue weighted by atomic mass is 28.2. The van der Waals surface area contributed by atoms with Gasteiger partial charge in [-0.05, 0) is 12.0 Å². The molecule has 0 bridgehead atoms. The summed E-state index contributed by atoms with van der Waals surface area (Å²) in [5.74, 6) is 0.696. The highest BCUT2D eigenvalue weighted by Crippen LogP contribution is 2.02. The lowest BCUT2D eigenvalue weighted by molar-refractivity contribution is -0.146. The first-order valence-electron chi connectivity index (χ1n) is 4.91. The van der Waals surface area contributed by atoms with E-state index < -0.39 is 0 Å². The van der Waals surface area contributed by atoms with Crippen LogP contribution in [0, 0.1) is 11.8 Å². The maximum absolute atomic E-state index is 11.0. The third-order valence-corrected chi connectivity index (χ3v) is 3.21. The normalized spacial score (nSPS) is 10.9. The van der Waals surface area contributed by atoms with Crippen LogP contribution >= 0.6 is 0 Å². The summed E-state index contributed by atoms with van der Waals surface area (Å²) in [7, 11) is 0.928. The zero-order valence-electron chi connectivity index (χ0n) is 9.09. The molecule has 0 heterocycles. The Hall–Kier alpha value is -0.313. The molecule has 0 aliphatic rings. The monoisotopic (exact) mass is 200 g/mol. The average Bonchev–Trinajstić information content (AvgIpc) is 2.02. The third-order valence-electron chi connectivity index (χ3n) is 1.55. The van der Waals surface area contributed by atoms with E-state index in [-0.39, 0.29) is 11.9 Å². The standard InChI is InChI=1S/C10H20O2Si/c1-8(2)7-13-6-5-12-10(11)9(3)4/h8-9H,5-7H2,1-4H3. The Morgan fingerprint density at radius 2 is 1.92 bits per heavy atom. The molecule has 2 nitrogen and oxygen atoms in total. The molecule has 0 aromatic carbocycles. The molecule has 0 aliphatic heterocycles. The average molecular weight is 200 g/mol. The van der Waals surface area contributed by atoms with Crippen LogP contribution in [-0.4, -0.2) is 22.1 Å². The fourth-order valence-electron chi connectivity index (χ4n) is 0.781. The van der Waals surface area contributed by atoms with Crippen LogP contribution < -0.4 is 0 Å². The Labute approximate surface area is 83.9 Å². The van der Waals surface area contributed by atoms with Crippen molar-refractivity contribution in [3.05, 3.63) is 0 Å². The molecule has 0 N–H and O–H groups in total. The molecule has 0 rings (SSSR count). The Balaban J connectivity index is 3.21. The predicted octanol–water partition coefficient (Wildman–Crippen LogP) is 2.38. The molecule has 0 aromatic heterocycles. The molecule has 0 unspecified atom stereocenters. The van der Waals surface area contributed by atoms with Gasteiger partial charge in [-0.3, -0.25) is 4.79 Å². The first kappa shape index (κ1) is 12.7. The molecule has 0 aliphatic carbocycles. The lowest BCUT2D eigenvalue weighted by Crippen LogP contribution is -2.13. The maximum Gasteiger partial charge on any atom is 0.308 e. The smallest absolute Gasteiger partial charge is 0.308 e. The van der Waals surface area contributed by atoms with Crippen molar-refractivity contribution in [1.82, 2.24) is 0 Å². The maximum atomic E-state index is 11.0. The fourth-order valence-corrected chi connectivity index (χ4v) is 1.81. The van der Waals surface area contributed by atoms with Gasteiger partial charge < -0.3 is 4.74 Å².